The van der Waals surface area contributed by atoms with E-state index in [9.17, 15) is 9.59 Å². The third-order valence-electron chi connectivity index (χ3n) is 4.02. The lowest BCUT2D eigenvalue weighted by Gasteiger charge is -2.39. The van der Waals surface area contributed by atoms with Gasteiger partial charge in [0, 0.05) is 12.2 Å². The van der Waals surface area contributed by atoms with Crippen molar-refractivity contribution in [1.82, 2.24) is 4.90 Å². The lowest BCUT2D eigenvalue weighted by atomic mass is 9.94. The topological polar surface area (TPSA) is 59.0 Å². The number of allylic oxidation sites excluding steroid dienone is 1. The smallest absolute Gasteiger partial charge is 0.338 e. The number of hydrogen-bond donors (Lipinski definition) is 0. The van der Waals surface area contributed by atoms with E-state index in [4.69, 9.17) is 27.9 Å². The van der Waals surface area contributed by atoms with Gasteiger partial charge in [0.05, 0.1) is 27.4 Å². The number of fused-ring (bicyclic) bond motifs is 1. The molecule has 136 valence electrons. The van der Waals surface area contributed by atoms with E-state index in [0.717, 1.165) is 0 Å². The fourth-order valence-electron chi connectivity index (χ4n) is 2.87. The first kappa shape index (κ1) is 19.0. The monoisotopic (exact) mass is 410 g/mol. The lowest BCUT2D eigenvalue weighted by molar-refractivity contribution is -0.139. The largest absolute Gasteiger partial charge is 0.458 e. The minimum absolute atomic E-state index is 0.0724. The number of amidine groups is 1. The molecule has 1 aromatic rings. The summed E-state index contributed by atoms with van der Waals surface area (Å²) in [4.78, 5) is 31.3. The number of thioether (sulfide) groups is 1. The number of nitrogens with zero attached hydrogens (tertiary/aromatic N) is 2. The van der Waals surface area contributed by atoms with Crippen LogP contribution >= 0.6 is 35.0 Å². The van der Waals surface area contributed by atoms with E-state index in [0.29, 0.717) is 44.2 Å². The number of carbonyl (C=O) groups excluding carboxylic acids is 2. The molecule has 8 heteroatoms. The Morgan fingerprint density at radius 1 is 1.46 bits per heavy atom. The van der Waals surface area contributed by atoms with Crippen LogP contribution in [0.15, 0.2) is 47.1 Å². The number of ether oxygens (including phenoxy) is 1. The van der Waals surface area contributed by atoms with Gasteiger partial charge in [0.15, 0.2) is 5.17 Å². The molecule has 1 saturated heterocycles. The van der Waals surface area contributed by atoms with Crippen LogP contribution in [-0.4, -0.2) is 34.3 Å². The first-order valence-corrected chi connectivity index (χ1v) is 9.65. The van der Waals surface area contributed by atoms with Gasteiger partial charge < -0.3 is 4.74 Å². The molecule has 0 radical (unpaired) electrons. The molecular weight excluding hydrogens is 395 g/mol. The van der Waals surface area contributed by atoms with Crippen molar-refractivity contribution in [2.75, 3.05) is 12.4 Å². The standard InChI is InChI=1S/C18H16Cl2N2O3S/c1-3-7-25-17(24)15-10(2)21-18-22(14(23)6-8-26-18)16(15)11-4-5-12(19)13(20)9-11/h3-5,9,16H,1,6-8H2,2H3/t16-/m1/s1. The molecule has 2 aliphatic heterocycles. The van der Waals surface area contributed by atoms with Crippen LogP contribution < -0.4 is 0 Å². The number of amides is 1. The number of rotatable bonds is 4. The fourth-order valence-corrected chi connectivity index (χ4v) is 4.18. The average Bonchev–Trinajstić information content (AvgIpc) is 2.61. The van der Waals surface area contributed by atoms with Crippen molar-refractivity contribution in [2.24, 2.45) is 4.99 Å². The van der Waals surface area contributed by atoms with Gasteiger partial charge in [0.1, 0.15) is 6.61 Å². The van der Waals surface area contributed by atoms with Gasteiger partial charge in [0.25, 0.3) is 0 Å². The second-order valence-corrected chi connectivity index (χ2v) is 7.60. The van der Waals surface area contributed by atoms with Gasteiger partial charge in [-0.25, -0.2) is 9.79 Å². The van der Waals surface area contributed by atoms with Crippen molar-refractivity contribution >= 4 is 52.0 Å². The molecule has 0 aromatic heterocycles. The van der Waals surface area contributed by atoms with Crippen LogP contribution in [0.3, 0.4) is 0 Å². The summed E-state index contributed by atoms with van der Waals surface area (Å²) in [7, 11) is 0. The molecule has 0 spiro atoms. The van der Waals surface area contributed by atoms with Crippen molar-refractivity contribution < 1.29 is 14.3 Å². The fraction of sp³-hybridized carbons (Fsp3) is 0.278. The van der Waals surface area contributed by atoms with Crippen molar-refractivity contribution in [1.29, 1.82) is 0 Å². The summed E-state index contributed by atoms with van der Waals surface area (Å²) < 4.78 is 5.23. The van der Waals surface area contributed by atoms with Gasteiger partial charge in [-0.3, -0.25) is 9.69 Å². The van der Waals surface area contributed by atoms with E-state index >= 15 is 0 Å². The van der Waals surface area contributed by atoms with Crippen LogP contribution in [0.5, 0.6) is 0 Å². The molecule has 1 amide bonds. The molecule has 1 aromatic carbocycles. The normalized spacial score (nSPS) is 19.8. The number of hydrogen-bond acceptors (Lipinski definition) is 5. The van der Waals surface area contributed by atoms with E-state index in [1.807, 2.05) is 0 Å². The minimum atomic E-state index is -0.658. The first-order valence-electron chi connectivity index (χ1n) is 7.91. The molecule has 0 unspecified atom stereocenters. The van der Waals surface area contributed by atoms with Crippen LogP contribution in [-0.2, 0) is 14.3 Å². The summed E-state index contributed by atoms with van der Waals surface area (Å²) in [6, 6.07) is 4.41. The van der Waals surface area contributed by atoms with Crippen LogP contribution in [0.2, 0.25) is 10.0 Å². The maximum Gasteiger partial charge on any atom is 0.338 e. The molecule has 0 bridgehead atoms. The zero-order chi connectivity index (χ0) is 18.8. The van der Waals surface area contributed by atoms with Crippen LogP contribution in [0.25, 0.3) is 0 Å². The summed E-state index contributed by atoms with van der Waals surface area (Å²) >= 11 is 13.7. The van der Waals surface area contributed by atoms with E-state index in [2.05, 4.69) is 11.6 Å². The highest BCUT2D eigenvalue weighted by Gasteiger charge is 2.41. The van der Waals surface area contributed by atoms with Crippen LogP contribution in [0.1, 0.15) is 24.9 Å². The number of benzene rings is 1. The van der Waals surface area contributed by atoms with Gasteiger partial charge in [-0.1, -0.05) is 53.7 Å². The molecule has 5 nitrogen and oxygen atoms in total. The van der Waals surface area contributed by atoms with Crippen LogP contribution in [0.4, 0.5) is 0 Å². The van der Waals surface area contributed by atoms with Gasteiger partial charge in [-0.05, 0) is 24.6 Å². The van der Waals surface area contributed by atoms with Gasteiger partial charge in [-0.2, -0.15) is 0 Å². The first-order chi connectivity index (χ1) is 12.4. The predicted octanol–water partition coefficient (Wildman–Crippen LogP) is 4.37. The summed E-state index contributed by atoms with van der Waals surface area (Å²) in [5.41, 5.74) is 1.50. The quantitative estimate of drug-likeness (QED) is 0.545. The molecule has 2 heterocycles. The highest BCUT2D eigenvalue weighted by molar-refractivity contribution is 8.14. The van der Waals surface area contributed by atoms with E-state index in [1.54, 1.807) is 30.0 Å². The summed E-state index contributed by atoms with van der Waals surface area (Å²) in [5.74, 6) is 0.0240. The van der Waals surface area contributed by atoms with Crippen molar-refractivity contribution in [3.63, 3.8) is 0 Å². The maximum absolute atomic E-state index is 12.7. The van der Waals surface area contributed by atoms with E-state index in [1.165, 1.54) is 17.8 Å². The maximum atomic E-state index is 12.7. The SMILES string of the molecule is C=CCOC(=O)C1=C(C)N=C2SCCC(=O)N2[C@@H]1c1ccc(Cl)c(Cl)c1. The molecule has 3 rings (SSSR count). The van der Waals surface area contributed by atoms with Gasteiger partial charge in [-0.15, -0.1) is 0 Å². The summed E-state index contributed by atoms with van der Waals surface area (Å²) in [6.07, 6.45) is 1.86. The molecule has 2 aliphatic rings. The number of esters is 1. The second kappa shape index (κ2) is 7.86. The van der Waals surface area contributed by atoms with E-state index in [-0.39, 0.29) is 12.5 Å². The Bertz CT molecular complexity index is 851. The Kier molecular flexibility index (Phi) is 5.75. The van der Waals surface area contributed by atoms with Gasteiger partial charge in [0.2, 0.25) is 5.91 Å². The zero-order valence-electron chi connectivity index (χ0n) is 14.0. The number of halogens is 2. The molecule has 26 heavy (non-hydrogen) atoms. The molecule has 1 atom stereocenters. The van der Waals surface area contributed by atoms with Crippen molar-refractivity contribution in [3.05, 3.63) is 57.7 Å². The Hall–Kier alpha value is -1.76. The molecule has 0 aliphatic carbocycles. The summed E-state index contributed by atoms with van der Waals surface area (Å²) in [5, 5.41) is 1.33. The zero-order valence-corrected chi connectivity index (χ0v) is 16.3. The van der Waals surface area contributed by atoms with Crippen molar-refractivity contribution in [3.8, 4) is 0 Å². The van der Waals surface area contributed by atoms with E-state index < -0.39 is 12.0 Å². The summed E-state index contributed by atoms with van der Waals surface area (Å²) in [6.45, 7) is 5.36. The molecule has 1 fully saturated rings. The third-order valence-corrected chi connectivity index (χ3v) is 5.71. The molecular formula is C18H16Cl2N2O3S. The average molecular weight is 411 g/mol. The second-order valence-electron chi connectivity index (χ2n) is 5.72. The van der Waals surface area contributed by atoms with Crippen LogP contribution in [0, 0.1) is 0 Å². The minimum Gasteiger partial charge on any atom is -0.458 e. The Morgan fingerprint density at radius 2 is 2.23 bits per heavy atom. The highest BCUT2D eigenvalue weighted by atomic mass is 35.5. The molecule has 0 saturated carbocycles. The predicted molar refractivity (Wildman–Crippen MR) is 104 cm³/mol. The Morgan fingerprint density at radius 3 is 2.92 bits per heavy atom. The van der Waals surface area contributed by atoms with Crippen molar-refractivity contribution in [2.45, 2.75) is 19.4 Å². The molecule has 0 N–H and O–H groups in total. The Balaban J connectivity index is 2.14. The number of aliphatic imine (C=N–C) groups is 1. The number of carbonyl (C=O) groups is 2. The Labute approximate surface area is 165 Å². The van der Waals surface area contributed by atoms with Gasteiger partial charge >= 0.3 is 5.97 Å². The lowest BCUT2D eigenvalue weighted by Crippen LogP contribution is -2.45. The third kappa shape index (κ3) is 3.54. The highest BCUT2D eigenvalue weighted by Crippen LogP contribution is 2.41.